The molecule has 1 aromatic carbocycles. The lowest BCUT2D eigenvalue weighted by molar-refractivity contribution is -0.138. The fraction of sp³-hybridized carbons (Fsp3) is 0.421. The highest BCUT2D eigenvalue weighted by Gasteiger charge is 2.17. The van der Waals surface area contributed by atoms with E-state index in [9.17, 15) is 15.0 Å². The third-order valence-electron chi connectivity index (χ3n) is 3.58. The number of hydrogen-bond acceptors (Lipinski definition) is 5. The summed E-state index contributed by atoms with van der Waals surface area (Å²) in [4.78, 5) is 11.9. The van der Waals surface area contributed by atoms with Crippen LogP contribution < -0.4 is 4.74 Å². The molecule has 1 unspecified atom stereocenters. The van der Waals surface area contributed by atoms with Crippen LogP contribution in [0.2, 0.25) is 0 Å². The maximum atomic E-state index is 11.9. The van der Waals surface area contributed by atoms with Crippen LogP contribution >= 0.6 is 0 Å². The molecule has 0 fully saturated rings. The molecular weight excluding hydrogens is 308 g/mol. The van der Waals surface area contributed by atoms with Gasteiger partial charge in [-0.05, 0) is 44.7 Å². The van der Waals surface area contributed by atoms with E-state index in [-0.39, 0.29) is 11.7 Å². The van der Waals surface area contributed by atoms with Gasteiger partial charge in [0, 0.05) is 5.57 Å². The molecule has 0 heterocycles. The highest BCUT2D eigenvalue weighted by Crippen LogP contribution is 2.35. The van der Waals surface area contributed by atoms with Gasteiger partial charge in [-0.2, -0.15) is 0 Å². The molecule has 0 aliphatic heterocycles. The van der Waals surface area contributed by atoms with Crippen LogP contribution in [0.1, 0.15) is 44.3 Å². The van der Waals surface area contributed by atoms with Crippen molar-refractivity contribution in [2.45, 2.75) is 38.7 Å². The first-order valence-corrected chi connectivity index (χ1v) is 8.06. The minimum atomic E-state index is -0.889. The minimum absolute atomic E-state index is 0.0110. The van der Waals surface area contributed by atoms with Crippen LogP contribution in [0.15, 0.2) is 42.5 Å². The summed E-state index contributed by atoms with van der Waals surface area (Å²) >= 11 is 0. The molecule has 1 rings (SSSR count). The monoisotopic (exact) mass is 334 g/mol. The Bertz CT molecular complexity index is 577. The van der Waals surface area contributed by atoms with Gasteiger partial charge in [0.05, 0.1) is 25.4 Å². The van der Waals surface area contributed by atoms with Gasteiger partial charge in [-0.15, -0.1) is 6.58 Å². The zero-order chi connectivity index (χ0) is 17.9. The first-order valence-electron chi connectivity index (χ1n) is 8.06. The van der Waals surface area contributed by atoms with Crippen LogP contribution in [0.4, 0.5) is 0 Å². The molecule has 0 bridgehead atoms. The number of allylic oxidation sites excluding steroid dienone is 2. The lowest BCUT2D eigenvalue weighted by atomic mass is 10.0. The molecule has 24 heavy (non-hydrogen) atoms. The highest BCUT2D eigenvalue weighted by atomic mass is 16.5. The molecule has 5 heteroatoms. The van der Waals surface area contributed by atoms with E-state index in [0.717, 1.165) is 0 Å². The standard InChI is InChI=1S/C19H26O5/c1-4-6-9-14(19(22)24-5-2)10-7-11-15(20)18-16(21)12-8-13-17(18)23-3/h4,8,10,12-13,15,20-21H,1,5-7,9,11H2,2-3H3/b14-10+. The molecule has 0 spiro atoms. The van der Waals surface area contributed by atoms with Crippen LogP contribution in [-0.4, -0.2) is 29.9 Å². The fourth-order valence-electron chi connectivity index (χ4n) is 2.37. The Kier molecular flexibility index (Phi) is 8.65. The van der Waals surface area contributed by atoms with Crippen molar-refractivity contribution in [1.29, 1.82) is 0 Å². The average molecular weight is 334 g/mol. The Balaban J connectivity index is 2.78. The predicted octanol–water partition coefficient (Wildman–Crippen LogP) is 3.67. The van der Waals surface area contributed by atoms with Crippen molar-refractivity contribution >= 4 is 5.97 Å². The van der Waals surface area contributed by atoms with E-state index in [1.807, 2.05) is 0 Å². The molecule has 0 aliphatic carbocycles. The lowest BCUT2D eigenvalue weighted by Gasteiger charge is -2.15. The van der Waals surface area contributed by atoms with Crippen molar-refractivity contribution in [2.75, 3.05) is 13.7 Å². The topological polar surface area (TPSA) is 76.0 Å². The number of aliphatic hydroxyl groups excluding tert-OH is 1. The number of methoxy groups -OCH3 is 1. The molecule has 0 aliphatic rings. The number of ether oxygens (including phenoxy) is 2. The number of phenolic OH excluding ortho intramolecular Hbond substituents is 1. The maximum absolute atomic E-state index is 11.9. The fourth-order valence-corrected chi connectivity index (χ4v) is 2.37. The highest BCUT2D eigenvalue weighted by molar-refractivity contribution is 5.88. The van der Waals surface area contributed by atoms with Gasteiger partial charge < -0.3 is 19.7 Å². The second-order valence-electron chi connectivity index (χ2n) is 5.26. The van der Waals surface area contributed by atoms with Crippen LogP contribution in [0.5, 0.6) is 11.5 Å². The van der Waals surface area contributed by atoms with Crippen LogP contribution in [0, 0.1) is 0 Å². The lowest BCUT2D eigenvalue weighted by Crippen LogP contribution is -2.08. The smallest absolute Gasteiger partial charge is 0.333 e. The van der Waals surface area contributed by atoms with E-state index in [0.29, 0.717) is 49.2 Å². The number of aliphatic hydroxyl groups is 1. The SMILES string of the molecule is C=CCC/C(=C\CCC(O)c1c(O)cccc1OC)C(=O)OCC. The van der Waals surface area contributed by atoms with Gasteiger partial charge in [0.15, 0.2) is 0 Å². The van der Waals surface area contributed by atoms with Crippen molar-refractivity contribution in [3.05, 3.63) is 48.1 Å². The van der Waals surface area contributed by atoms with Gasteiger partial charge in [-0.3, -0.25) is 0 Å². The average Bonchev–Trinajstić information content (AvgIpc) is 2.57. The first kappa shape index (κ1) is 19.8. The number of phenols is 1. The zero-order valence-corrected chi connectivity index (χ0v) is 14.3. The van der Waals surface area contributed by atoms with Gasteiger partial charge in [-0.25, -0.2) is 4.79 Å². The summed E-state index contributed by atoms with van der Waals surface area (Å²) in [6.45, 7) is 5.74. The summed E-state index contributed by atoms with van der Waals surface area (Å²) in [5, 5.41) is 20.3. The first-order chi connectivity index (χ1) is 11.5. The van der Waals surface area contributed by atoms with E-state index in [1.165, 1.54) is 13.2 Å². The third-order valence-corrected chi connectivity index (χ3v) is 3.58. The normalized spacial score (nSPS) is 12.5. The third kappa shape index (κ3) is 5.74. The van der Waals surface area contributed by atoms with Crippen molar-refractivity contribution in [3.8, 4) is 11.5 Å². The van der Waals surface area contributed by atoms with Crippen molar-refractivity contribution in [2.24, 2.45) is 0 Å². The Morgan fingerprint density at radius 2 is 2.12 bits per heavy atom. The molecule has 0 radical (unpaired) electrons. The van der Waals surface area contributed by atoms with Crippen molar-refractivity contribution in [1.82, 2.24) is 0 Å². The summed E-state index contributed by atoms with van der Waals surface area (Å²) < 4.78 is 10.2. The number of esters is 1. The summed E-state index contributed by atoms with van der Waals surface area (Å²) in [5.74, 6) is 0.0841. The summed E-state index contributed by atoms with van der Waals surface area (Å²) in [7, 11) is 1.49. The molecule has 2 N–H and O–H groups in total. The zero-order valence-electron chi connectivity index (χ0n) is 14.3. The second kappa shape index (κ2) is 10.5. The molecule has 5 nitrogen and oxygen atoms in total. The van der Waals surface area contributed by atoms with Crippen LogP contribution in [0.25, 0.3) is 0 Å². The quantitative estimate of drug-likeness (QED) is 0.388. The number of rotatable bonds is 10. The molecule has 0 amide bonds. The largest absolute Gasteiger partial charge is 0.507 e. The van der Waals surface area contributed by atoms with Gasteiger partial charge in [-0.1, -0.05) is 18.2 Å². The number of aromatic hydroxyl groups is 1. The Hall–Kier alpha value is -2.27. The Morgan fingerprint density at radius 1 is 1.38 bits per heavy atom. The van der Waals surface area contributed by atoms with Gasteiger partial charge in [0.2, 0.25) is 0 Å². The van der Waals surface area contributed by atoms with Crippen molar-refractivity contribution < 1.29 is 24.5 Å². The van der Waals surface area contributed by atoms with Gasteiger partial charge in [0.25, 0.3) is 0 Å². The second-order valence-corrected chi connectivity index (χ2v) is 5.26. The molecule has 132 valence electrons. The van der Waals surface area contributed by atoms with Crippen LogP contribution in [0.3, 0.4) is 0 Å². The minimum Gasteiger partial charge on any atom is -0.507 e. The van der Waals surface area contributed by atoms with Crippen LogP contribution in [-0.2, 0) is 9.53 Å². The van der Waals surface area contributed by atoms with E-state index in [1.54, 1.807) is 31.2 Å². The van der Waals surface area contributed by atoms with Gasteiger partial charge in [0.1, 0.15) is 11.5 Å². The predicted molar refractivity (Wildman–Crippen MR) is 93.0 cm³/mol. The molecule has 1 aromatic rings. The summed E-state index contributed by atoms with van der Waals surface area (Å²) in [6.07, 6.45) is 4.69. The van der Waals surface area contributed by atoms with Crippen molar-refractivity contribution in [3.63, 3.8) is 0 Å². The number of carbonyl (C=O) groups is 1. The summed E-state index contributed by atoms with van der Waals surface area (Å²) in [6, 6.07) is 4.84. The maximum Gasteiger partial charge on any atom is 0.333 e. The van der Waals surface area contributed by atoms with Gasteiger partial charge >= 0.3 is 5.97 Å². The van der Waals surface area contributed by atoms with E-state index < -0.39 is 6.10 Å². The molecule has 0 saturated carbocycles. The number of carbonyl (C=O) groups excluding carboxylic acids is 1. The summed E-state index contributed by atoms with van der Waals surface area (Å²) in [5.41, 5.74) is 0.936. The molecular formula is C19H26O5. The Labute approximate surface area is 143 Å². The number of benzene rings is 1. The Morgan fingerprint density at radius 3 is 2.75 bits per heavy atom. The van der Waals surface area contributed by atoms with E-state index >= 15 is 0 Å². The number of hydrogen-bond donors (Lipinski definition) is 2. The molecule has 0 aromatic heterocycles. The van der Waals surface area contributed by atoms with E-state index in [2.05, 4.69) is 6.58 Å². The molecule has 1 atom stereocenters. The van der Waals surface area contributed by atoms with E-state index in [4.69, 9.17) is 9.47 Å². The molecule has 0 saturated heterocycles.